The zero-order chi connectivity index (χ0) is 11.8. The fraction of sp³-hybridized carbons (Fsp3) is 0.455. The Morgan fingerprint density at radius 1 is 1.44 bits per heavy atom. The molecule has 87 valence electrons. The van der Waals surface area contributed by atoms with E-state index in [-0.39, 0.29) is 5.92 Å². The third-order valence-electron chi connectivity index (χ3n) is 2.68. The van der Waals surface area contributed by atoms with Gasteiger partial charge in [-0.25, -0.2) is 4.98 Å². The second-order valence-electron chi connectivity index (χ2n) is 4.00. The van der Waals surface area contributed by atoms with Gasteiger partial charge in [-0.3, -0.25) is 0 Å². The molecule has 1 fully saturated rings. The number of aromatic nitrogens is 1. The molecule has 16 heavy (non-hydrogen) atoms. The molecule has 1 radical (unpaired) electrons. The third-order valence-corrected chi connectivity index (χ3v) is 2.68. The molecular weight excluding hydrogens is 217 g/mol. The molecule has 1 aromatic heterocycles. The Kier molecular flexibility index (Phi) is 2.78. The first-order valence-electron chi connectivity index (χ1n) is 5.08. The third kappa shape index (κ3) is 2.28. The maximum atomic E-state index is 12.5. The standard InChI is InChI=1S/C11H12F3N2/c1-8-3-5-16(7-8)10-6-9(2-4-15-10)11(12,13)14/h2,4,6,8H,1,3,5,7H2/t8-/m1/s1. The topological polar surface area (TPSA) is 16.1 Å². The van der Waals surface area contributed by atoms with Crippen molar-refractivity contribution in [3.63, 3.8) is 0 Å². The molecule has 0 aromatic carbocycles. The molecule has 1 saturated heterocycles. The van der Waals surface area contributed by atoms with Crippen LogP contribution in [-0.2, 0) is 6.18 Å². The van der Waals surface area contributed by atoms with Crippen LogP contribution in [0.15, 0.2) is 18.3 Å². The zero-order valence-electron chi connectivity index (χ0n) is 8.67. The molecule has 0 spiro atoms. The van der Waals surface area contributed by atoms with Gasteiger partial charge in [-0.2, -0.15) is 13.2 Å². The van der Waals surface area contributed by atoms with Gasteiger partial charge in [0.05, 0.1) is 5.56 Å². The van der Waals surface area contributed by atoms with Gasteiger partial charge in [0.1, 0.15) is 5.82 Å². The summed E-state index contributed by atoms with van der Waals surface area (Å²) in [6.45, 7) is 5.29. The Labute approximate surface area is 92.1 Å². The first kappa shape index (κ1) is 11.2. The first-order valence-corrected chi connectivity index (χ1v) is 5.08. The maximum Gasteiger partial charge on any atom is 0.416 e. The summed E-state index contributed by atoms with van der Waals surface area (Å²) < 4.78 is 37.4. The maximum absolute atomic E-state index is 12.5. The van der Waals surface area contributed by atoms with Crippen molar-refractivity contribution in [3.05, 3.63) is 30.8 Å². The molecule has 2 rings (SSSR count). The number of alkyl halides is 3. The normalized spacial score (nSPS) is 21.5. The molecule has 2 heterocycles. The predicted molar refractivity (Wildman–Crippen MR) is 54.9 cm³/mol. The summed E-state index contributed by atoms with van der Waals surface area (Å²) in [5.41, 5.74) is -0.648. The number of hydrogen-bond donors (Lipinski definition) is 0. The molecule has 5 heteroatoms. The molecule has 1 aliphatic heterocycles. The van der Waals surface area contributed by atoms with Crippen molar-refractivity contribution in [1.29, 1.82) is 0 Å². The van der Waals surface area contributed by atoms with E-state index in [0.717, 1.165) is 25.1 Å². The van der Waals surface area contributed by atoms with Crippen LogP contribution in [-0.4, -0.2) is 18.1 Å². The highest BCUT2D eigenvalue weighted by molar-refractivity contribution is 5.42. The van der Waals surface area contributed by atoms with Gasteiger partial charge in [-0.05, 0) is 31.4 Å². The smallest absolute Gasteiger partial charge is 0.356 e. The fourth-order valence-corrected chi connectivity index (χ4v) is 1.81. The van der Waals surface area contributed by atoms with E-state index in [2.05, 4.69) is 11.9 Å². The Morgan fingerprint density at radius 3 is 2.75 bits per heavy atom. The lowest BCUT2D eigenvalue weighted by Crippen LogP contribution is -2.21. The SMILES string of the molecule is [CH2][C@@H]1CCN(c2cc(C(F)(F)F)ccn2)C1. The number of halogens is 3. The average Bonchev–Trinajstić information content (AvgIpc) is 2.64. The molecule has 0 saturated carbocycles. The van der Waals surface area contributed by atoms with Gasteiger partial charge in [0.15, 0.2) is 0 Å². The Hall–Kier alpha value is -1.26. The summed E-state index contributed by atoms with van der Waals surface area (Å²) in [7, 11) is 0. The molecule has 0 aliphatic carbocycles. The average molecular weight is 229 g/mol. The van der Waals surface area contributed by atoms with Crippen LogP contribution in [0, 0.1) is 12.8 Å². The molecule has 1 aromatic rings. The van der Waals surface area contributed by atoms with Gasteiger partial charge in [0, 0.05) is 19.3 Å². The first-order chi connectivity index (χ1) is 7.47. The molecule has 2 nitrogen and oxygen atoms in total. The van der Waals surface area contributed by atoms with Gasteiger partial charge in [0.2, 0.25) is 0 Å². The van der Waals surface area contributed by atoms with Crippen LogP contribution in [0.3, 0.4) is 0 Å². The van der Waals surface area contributed by atoms with Gasteiger partial charge in [-0.15, -0.1) is 0 Å². The van der Waals surface area contributed by atoms with Gasteiger partial charge in [-0.1, -0.05) is 0 Å². The van der Waals surface area contributed by atoms with E-state index in [4.69, 9.17) is 0 Å². The van der Waals surface area contributed by atoms with Gasteiger partial charge < -0.3 is 4.90 Å². The van der Waals surface area contributed by atoms with E-state index in [1.165, 1.54) is 6.20 Å². The molecule has 1 atom stereocenters. The lowest BCUT2D eigenvalue weighted by molar-refractivity contribution is -0.137. The van der Waals surface area contributed by atoms with Crippen molar-refractivity contribution in [2.45, 2.75) is 12.6 Å². The van der Waals surface area contributed by atoms with Crippen LogP contribution in [0.25, 0.3) is 0 Å². The van der Waals surface area contributed by atoms with E-state index in [0.29, 0.717) is 12.4 Å². The van der Waals surface area contributed by atoms with Crippen molar-refractivity contribution >= 4 is 5.82 Å². The molecule has 0 amide bonds. The number of nitrogens with zero attached hydrogens (tertiary/aromatic N) is 2. The van der Waals surface area contributed by atoms with Crippen LogP contribution in [0.4, 0.5) is 19.0 Å². The van der Waals surface area contributed by atoms with Crippen LogP contribution in [0.1, 0.15) is 12.0 Å². The van der Waals surface area contributed by atoms with Crippen LogP contribution < -0.4 is 4.90 Å². The minimum Gasteiger partial charge on any atom is -0.356 e. The lowest BCUT2D eigenvalue weighted by Gasteiger charge is -2.18. The van der Waals surface area contributed by atoms with Crippen molar-refractivity contribution in [1.82, 2.24) is 4.98 Å². The molecule has 0 unspecified atom stereocenters. The highest BCUT2D eigenvalue weighted by atomic mass is 19.4. The second kappa shape index (κ2) is 3.96. The fourth-order valence-electron chi connectivity index (χ4n) is 1.81. The minimum atomic E-state index is -4.30. The monoisotopic (exact) mass is 229 g/mol. The summed E-state index contributed by atoms with van der Waals surface area (Å²) in [5, 5.41) is 0. The molecule has 1 aliphatic rings. The highest BCUT2D eigenvalue weighted by Gasteiger charge is 2.31. The zero-order valence-corrected chi connectivity index (χ0v) is 8.67. The lowest BCUT2D eigenvalue weighted by atomic mass is 10.2. The van der Waals surface area contributed by atoms with E-state index >= 15 is 0 Å². The van der Waals surface area contributed by atoms with Crippen molar-refractivity contribution < 1.29 is 13.2 Å². The highest BCUT2D eigenvalue weighted by Crippen LogP contribution is 2.31. The van der Waals surface area contributed by atoms with Crippen molar-refractivity contribution in [2.75, 3.05) is 18.0 Å². The van der Waals surface area contributed by atoms with E-state index < -0.39 is 11.7 Å². The predicted octanol–water partition coefficient (Wildman–Crippen LogP) is 2.76. The number of pyridine rings is 1. The summed E-state index contributed by atoms with van der Waals surface area (Å²) in [5.74, 6) is 0.664. The second-order valence-corrected chi connectivity index (χ2v) is 4.00. The Bertz CT molecular complexity index is 376. The minimum absolute atomic E-state index is 0.274. The van der Waals surface area contributed by atoms with Crippen molar-refractivity contribution in [3.8, 4) is 0 Å². The Balaban J connectivity index is 2.23. The van der Waals surface area contributed by atoms with Crippen LogP contribution in [0.2, 0.25) is 0 Å². The van der Waals surface area contributed by atoms with Gasteiger partial charge in [0.25, 0.3) is 0 Å². The Morgan fingerprint density at radius 2 is 2.19 bits per heavy atom. The van der Waals surface area contributed by atoms with Gasteiger partial charge >= 0.3 is 6.18 Å². The summed E-state index contributed by atoms with van der Waals surface area (Å²) in [6, 6.07) is 2.08. The molecule has 0 bridgehead atoms. The molecular formula is C11H12F3N2. The van der Waals surface area contributed by atoms with E-state index in [1.807, 2.05) is 4.90 Å². The quantitative estimate of drug-likeness (QED) is 0.736. The number of anilines is 1. The largest absolute Gasteiger partial charge is 0.416 e. The van der Waals surface area contributed by atoms with Crippen LogP contribution in [0.5, 0.6) is 0 Å². The van der Waals surface area contributed by atoms with Crippen molar-refractivity contribution in [2.24, 2.45) is 5.92 Å². The summed E-state index contributed by atoms with van der Waals surface area (Å²) in [4.78, 5) is 5.81. The number of rotatable bonds is 1. The summed E-state index contributed by atoms with van der Waals surface area (Å²) in [6.07, 6.45) is -2.20. The summed E-state index contributed by atoms with van der Waals surface area (Å²) >= 11 is 0. The van der Waals surface area contributed by atoms with E-state index in [1.54, 1.807) is 0 Å². The van der Waals surface area contributed by atoms with E-state index in [9.17, 15) is 13.2 Å². The van der Waals surface area contributed by atoms with Crippen LogP contribution >= 0.6 is 0 Å². The number of hydrogen-bond acceptors (Lipinski definition) is 2. The molecule has 0 N–H and O–H groups in total.